The van der Waals surface area contributed by atoms with Crippen molar-refractivity contribution in [2.45, 2.75) is 24.8 Å². The number of sulfonamides is 1. The third kappa shape index (κ3) is 3.41. The van der Waals surface area contributed by atoms with Gasteiger partial charge in [0.2, 0.25) is 10.0 Å². The minimum Gasteiger partial charge on any atom is -0.491 e. The van der Waals surface area contributed by atoms with Crippen LogP contribution in [0.1, 0.15) is 16.8 Å². The number of nitrogens with one attached hydrogen (secondary N) is 1. The van der Waals surface area contributed by atoms with Crippen LogP contribution in [0.3, 0.4) is 0 Å². The van der Waals surface area contributed by atoms with E-state index in [1.165, 1.54) is 0 Å². The highest BCUT2D eigenvalue weighted by Crippen LogP contribution is 2.31. The number of ether oxygens (including phenoxy) is 2. The van der Waals surface area contributed by atoms with Crippen molar-refractivity contribution in [1.82, 2.24) is 9.29 Å². The highest BCUT2D eigenvalue weighted by Gasteiger charge is 2.30. The molecular weight excluding hydrogens is 376 g/mol. The van der Waals surface area contributed by atoms with E-state index in [9.17, 15) is 8.42 Å². The van der Waals surface area contributed by atoms with Gasteiger partial charge in [-0.05, 0) is 42.3 Å². The molecule has 0 aliphatic carbocycles. The van der Waals surface area contributed by atoms with Crippen LogP contribution in [0.5, 0.6) is 5.75 Å². The van der Waals surface area contributed by atoms with Crippen LogP contribution in [-0.4, -0.2) is 44.6 Å². The topological polar surface area (TPSA) is 71.6 Å². The monoisotopic (exact) mass is 400 g/mol. The van der Waals surface area contributed by atoms with Crippen molar-refractivity contribution in [2.75, 3.05) is 26.9 Å². The summed E-state index contributed by atoms with van der Waals surface area (Å²) in [5.74, 6) is 0.675. The fourth-order valence-corrected chi connectivity index (χ4v) is 5.17. The summed E-state index contributed by atoms with van der Waals surface area (Å²) in [5.41, 5.74) is 4.05. The van der Waals surface area contributed by atoms with E-state index in [0.717, 1.165) is 27.7 Å². The lowest BCUT2D eigenvalue weighted by Crippen LogP contribution is -2.35. The molecule has 0 saturated heterocycles. The summed E-state index contributed by atoms with van der Waals surface area (Å²) in [4.78, 5) is 3.72. The molecule has 4 rings (SSSR count). The summed E-state index contributed by atoms with van der Waals surface area (Å²) < 4.78 is 38.7. The molecule has 0 bridgehead atoms. The van der Waals surface area contributed by atoms with Gasteiger partial charge >= 0.3 is 0 Å². The van der Waals surface area contributed by atoms with Crippen molar-refractivity contribution < 1.29 is 17.9 Å². The standard InChI is InChI=1S/C21H24N2O4S/c1-15-13-16(7-8-21(15)27-12-11-26-2)28(24,25)23-10-9-20-18(14-23)17-5-3-4-6-19(17)22-20/h3-8,13,22H,9-12,14H2,1-2H3. The smallest absolute Gasteiger partial charge is 0.243 e. The van der Waals surface area contributed by atoms with Crippen LogP contribution in [0.4, 0.5) is 0 Å². The van der Waals surface area contributed by atoms with Gasteiger partial charge in [-0.25, -0.2) is 8.42 Å². The van der Waals surface area contributed by atoms with Crippen molar-refractivity contribution in [3.63, 3.8) is 0 Å². The van der Waals surface area contributed by atoms with Gasteiger partial charge in [0, 0.05) is 43.2 Å². The van der Waals surface area contributed by atoms with Crippen LogP contribution in [0.25, 0.3) is 10.9 Å². The summed E-state index contributed by atoms with van der Waals surface area (Å²) in [6.45, 7) is 3.62. The Balaban J connectivity index is 1.59. The second-order valence-corrected chi connectivity index (χ2v) is 8.92. The Morgan fingerprint density at radius 3 is 2.75 bits per heavy atom. The van der Waals surface area contributed by atoms with Gasteiger partial charge in [0.05, 0.1) is 11.5 Å². The van der Waals surface area contributed by atoms with Crippen molar-refractivity contribution in [3.8, 4) is 5.75 Å². The first kappa shape index (κ1) is 19.0. The Kier molecular flexibility index (Phi) is 5.14. The summed E-state index contributed by atoms with van der Waals surface area (Å²) in [5, 5.41) is 1.09. The zero-order chi connectivity index (χ0) is 19.7. The van der Waals surface area contributed by atoms with Gasteiger partial charge in [-0.2, -0.15) is 4.31 Å². The Bertz CT molecular complexity index is 1100. The number of H-pyrrole nitrogens is 1. The van der Waals surface area contributed by atoms with Crippen molar-refractivity contribution in [1.29, 1.82) is 0 Å². The average Bonchev–Trinajstić information content (AvgIpc) is 3.07. The molecule has 28 heavy (non-hydrogen) atoms. The van der Waals surface area contributed by atoms with Crippen LogP contribution in [0.15, 0.2) is 47.4 Å². The van der Waals surface area contributed by atoms with E-state index < -0.39 is 10.0 Å². The number of fused-ring (bicyclic) bond motifs is 3. The molecule has 0 radical (unpaired) electrons. The summed E-state index contributed by atoms with van der Waals surface area (Å²) >= 11 is 0. The van der Waals surface area contributed by atoms with Gasteiger partial charge in [0.15, 0.2) is 0 Å². The summed E-state index contributed by atoms with van der Waals surface area (Å²) in [7, 11) is -1.96. The number of aromatic nitrogens is 1. The minimum atomic E-state index is -3.58. The number of para-hydroxylation sites is 1. The lowest BCUT2D eigenvalue weighted by Gasteiger charge is -2.26. The SMILES string of the molecule is COCCOc1ccc(S(=O)(=O)N2CCc3[nH]c4ccccc4c3C2)cc1C. The van der Waals surface area contributed by atoms with Gasteiger partial charge in [-0.1, -0.05) is 18.2 Å². The van der Waals surface area contributed by atoms with E-state index in [4.69, 9.17) is 9.47 Å². The predicted molar refractivity (Wildman–Crippen MR) is 108 cm³/mol. The minimum absolute atomic E-state index is 0.299. The van der Waals surface area contributed by atoms with Gasteiger partial charge in [0.25, 0.3) is 0 Å². The number of aryl methyl sites for hydroxylation is 1. The van der Waals surface area contributed by atoms with Crippen molar-refractivity contribution >= 4 is 20.9 Å². The lowest BCUT2D eigenvalue weighted by molar-refractivity contribution is 0.146. The molecule has 0 amide bonds. The molecule has 0 atom stereocenters. The van der Waals surface area contributed by atoms with E-state index >= 15 is 0 Å². The molecule has 3 aromatic rings. The third-order valence-electron chi connectivity index (χ3n) is 5.18. The molecule has 6 nitrogen and oxygen atoms in total. The van der Waals surface area contributed by atoms with Crippen LogP contribution in [0, 0.1) is 6.92 Å². The average molecular weight is 401 g/mol. The van der Waals surface area contributed by atoms with Crippen LogP contribution >= 0.6 is 0 Å². The first-order valence-corrected chi connectivity index (χ1v) is 10.8. The highest BCUT2D eigenvalue weighted by atomic mass is 32.2. The number of hydrogen-bond donors (Lipinski definition) is 1. The largest absolute Gasteiger partial charge is 0.491 e. The number of aromatic amines is 1. The molecule has 1 aliphatic heterocycles. The van der Waals surface area contributed by atoms with E-state index in [0.29, 0.717) is 43.4 Å². The maximum absolute atomic E-state index is 13.2. The molecule has 7 heteroatoms. The molecule has 2 aromatic carbocycles. The van der Waals surface area contributed by atoms with E-state index in [1.807, 2.05) is 31.2 Å². The Morgan fingerprint density at radius 2 is 1.96 bits per heavy atom. The molecule has 0 unspecified atom stereocenters. The molecule has 0 saturated carbocycles. The molecule has 148 valence electrons. The van der Waals surface area contributed by atoms with Crippen molar-refractivity contribution in [2.24, 2.45) is 0 Å². The van der Waals surface area contributed by atoms with Gasteiger partial charge in [-0.3, -0.25) is 0 Å². The van der Waals surface area contributed by atoms with E-state index in [1.54, 1.807) is 29.6 Å². The normalized spacial score (nSPS) is 14.9. The summed E-state index contributed by atoms with van der Waals surface area (Å²) in [6.07, 6.45) is 0.681. The molecule has 0 spiro atoms. The molecule has 1 aliphatic rings. The predicted octanol–water partition coefficient (Wildman–Crippen LogP) is 3.25. The zero-order valence-electron chi connectivity index (χ0n) is 16.1. The number of nitrogens with zero attached hydrogens (tertiary/aromatic N) is 1. The highest BCUT2D eigenvalue weighted by molar-refractivity contribution is 7.89. The Morgan fingerprint density at radius 1 is 1.14 bits per heavy atom. The molecular formula is C21H24N2O4S. The maximum atomic E-state index is 13.2. The van der Waals surface area contributed by atoms with Crippen LogP contribution in [0.2, 0.25) is 0 Å². The number of rotatable bonds is 6. The second-order valence-electron chi connectivity index (χ2n) is 6.98. The number of methoxy groups -OCH3 is 1. The zero-order valence-corrected chi connectivity index (χ0v) is 16.9. The quantitative estimate of drug-likeness (QED) is 0.645. The third-order valence-corrected chi connectivity index (χ3v) is 7.02. The van der Waals surface area contributed by atoms with E-state index in [2.05, 4.69) is 4.98 Å². The summed E-state index contributed by atoms with van der Waals surface area (Å²) in [6, 6.07) is 13.1. The molecule has 1 N–H and O–H groups in total. The number of hydrogen-bond acceptors (Lipinski definition) is 4. The van der Waals surface area contributed by atoms with Crippen LogP contribution in [-0.2, 0) is 27.7 Å². The lowest BCUT2D eigenvalue weighted by atomic mass is 10.1. The first-order chi connectivity index (χ1) is 13.5. The van der Waals surface area contributed by atoms with Crippen LogP contribution < -0.4 is 4.74 Å². The molecule has 0 fully saturated rings. The Hall–Kier alpha value is -2.35. The molecule has 1 aromatic heterocycles. The fourth-order valence-electron chi connectivity index (χ4n) is 3.68. The number of benzene rings is 2. The van der Waals surface area contributed by atoms with Gasteiger partial charge in [-0.15, -0.1) is 0 Å². The molecule has 2 heterocycles. The van der Waals surface area contributed by atoms with Gasteiger partial charge < -0.3 is 14.5 Å². The fraction of sp³-hybridized carbons (Fsp3) is 0.333. The van der Waals surface area contributed by atoms with Gasteiger partial charge in [0.1, 0.15) is 12.4 Å². The first-order valence-electron chi connectivity index (χ1n) is 9.31. The Labute approximate surface area is 165 Å². The second kappa shape index (κ2) is 7.58. The van der Waals surface area contributed by atoms with Crippen molar-refractivity contribution in [3.05, 3.63) is 59.3 Å². The maximum Gasteiger partial charge on any atom is 0.243 e. The van der Waals surface area contributed by atoms with E-state index in [-0.39, 0.29) is 0 Å².